The van der Waals surface area contributed by atoms with E-state index in [4.69, 9.17) is 5.73 Å². The van der Waals surface area contributed by atoms with E-state index in [0.717, 1.165) is 25.4 Å². The van der Waals surface area contributed by atoms with Gasteiger partial charge in [-0.25, -0.2) is 0 Å². The van der Waals surface area contributed by atoms with Crippen LogP contribution in [0.1, 0.15) is 44.2 Å². The summed E-state index contributed by atoms with van der Waals surface area (Å²) in [7, 11) is 0. The molecule has 0 aromatic heterocycles. The summed E-state index contributed by atoms with van der Waals surface area (Å²) in [6.45, 7) is 6.63. The first-order valence-electron chi connectivity index (χ1n) is 8.28. The van der Waals surface area contributed by atoms with Gasteiger partial charge in [0.1, 0.15) is 0 Å². The van der Waals surface area contributed by atoms with E-state index in [9.17, 15) is 0 Å². The number of fused-ring (bicyclic) bond motifs is 1. The highest BCUT2D eigenvalue weighted by Crippen LogP contribution is 2.40. The highest BCUT2D eigenvalue weighted by molar-refractivity contribution is 9.10. The topological polar surface area (TPSA) is 29.3 Å². The van der Waals surface area contributed by atoms with Crippen molar-refractivity contribution in [2.45, 2.75) is 57.5 Å². The first-order valence-corrected chi connectivity index (χ1v) is 9.07. The summed E-state index contributed by atoms with van der Waals surface area (Å²) in [5.41, 5.74) is 9.52. The standard InChI is InChI=1S/C18H27BrN2/c1-13(2)11-21(17-5-6-17)18(12-20)8-7-14-9-16(19)4-3-15(14)10-18/h3-4,9,13,17H,5-8,10-12,20H2,1-2H3. The fourth-order valence-corrected chi connectivity index (χ4v) is 4.26. The molecule has 1 aromatic rings. The van der Waals surface area contributed by atoms with Gasteiger partial charge in [-0.2, -0.15) is 0 Å². The quantitative estimate of drug-likeness (QED) is 0.875. The Hall–Kier alpha value is -0.380. The van der Waals surface area contributed by atoms with E-state index < -0.39 is 0 Å². The first-order chi connectivity index (χ1) is 10.0. The summed E-state index contributed by atoms with van der Waals surface area (Å²) in [6, 6.07) is 7.55. The van der Waals surface area contributed by atoms with Crippen LogP contribution in [0.25, 0.3) is 0 Å². The molecule has 2 aliphatic rings. The van der Waals surface area contributed by atoms with Gasteiger partial charge in [-0.05, 0) is 61.3 Å². The predicted molar refractivity (Wildman–Crippen MR) is 92.5 cm³/mol. The van der Waals surface area contributed by atoms with Crippen LogP contribution in [0.15, 0.2) is 22.7 Å². The van der Waals surface area contributed by atoms with Crippen LogP contribution in [-0.2, 0) is 12.8 Å². The van der Waals surface area contributed by atoms with Gasteiger partial charge in [0.15, 0.2) is 0 Å². The summed E-state index contributed by atoms with van der Waals surface area (Å²) < 4.78 is 1.20. The first kappa shape index (κ1) is 15.5. The molecule has 3 heteroatoms. The molecule has 2 nitrogen and oxygen atoms in total. The Balaban J connectivity index is 1.88. The van der Waals surface area contributed by atoms with Gasteiger partial charge in [0, 0.05) is 29.1 Å². The zero-order valence-corrected chi connectivity index (χ0v) is 14.8. The van der Waals surface area contributed by atoms with E-state index in [1.54, 1.807) is 0 Å². The monoisotopic (exact) mass is 350 g/mol. The molecule has 1 atom stereocenters. The largest absolute Gasteiger partial charge is 0.329 e. The molecule has 1 fully saturated rings. The summed E-state index contributed by atoms with van der Waals surface area (Å²) >= 11 is 3.60. The van der Waals surface area contributed by atoms with Crippen molar-refractivity contribution in [1.82, 2.24) is 4.90 Å². The van der Waals surface area contributed by atoms with Crippen LogP contribution in [0.3, 0.4) is 0 Å². The lowest BCUT2D eigenvalue weighted by Crippen LogP contribution is -2.58. The van der Waals surface area contributed by atoms with E-state index in [0.29, 0.717) is 5.92 Å². The average molecular weight is 351 g/mol. The van der Waals surface area contributed by atoms with Gasteiger partial charge in [-0.1, -0.05) is 35.8 Å². The van der Waals surface area contributed by atoms with Crippen molar-refractivity contribution < 1.29 is 0 Å². The predicted octanol–water partition coefficient (Wildman–Crippen LogP) is 3.76. The second kappa shape index (κ2) is 6.02. The van der Waals surface area contributed by atoms with Crippen molar-refractivity contribution in [3.63, 3.8) is 0 Å². The molecule has 0 radical (unpaired) electrons. The fraction of sp³-hybridized carbons (Fsp3) is 0.667. The third-order valence-corrected chi connectivity index (χ3v) is 5.58. The molecule has 0 saturated heterocycles. The summed E-state index contributed by atoms with van der Waals surface area (Å²) in [5, 5.41) is 0. The third-order valence-electron chi connectivity index (χ3n) is 5.09. The molecule has 21 heavy (non-hydrogen) atoms. The maximum Gasteiger partial charge on any atom is 0.0378 e. The number of hydrogen-bond acceptors (Lipinski definition) is 2. The van der Waals surface area contributed by atoms with Gasteiger partial charge in [0.25, 0.3) is 0 Å². The average Bonchev–Trinajstić information content (AvgIpc) is 3.28. The van der Waals surface area contributed by atoms with Gasteiger partial charge < -0.3 is 5.73 Å². The molecule has 2 aliphatic carbocycles. The highest BCUT2D eigenvalue weighted by Gasteiger charge is 2.45. The Morgan fingerprint density at radius 2 is 2.10 bits per heavy atom. The molecule has 0 spiro atoms. The Morgan fingerprint density at radius 3 is 2.71 bits per heavy atom. The Labute approximate surface area is 137 Å². The summed E-state index contributed by atoms with van der Waals surface area (Å²) in [6.07, 6.45) is 6.21. The Morgan fingerprint density at radius 1 is 1.33 bits per heavy atom. The van der Waals surface area contributed by atoms with E-state index in [1.807, 2.05) is 0 Å². The van der Waals surface area contributed by atoms with Crippen molar-refractivity contribution in [2.75, 3.05) is 13.1 Å². The SMILES string of the molecule is CC(C)CN(C1CC1)C1(CN)CCc2cc(Br)ccc2C1. The minimum Gasteiger partial charge on any atom is -0.329 e. The number of benzene rings is 1. The highest BCUT2D eigenvalue weighted by atomic mass is 79.9. The molecule has 3 rings (SSSR count). The van der Waals surface area contributed by atoms with E-state index in [-0.39, 0.29) is 5.54 Å². The van der Waals surface area contributed by atoms with E-state index in [2.05, 4.69) is 52.9 Å². The normalized spacial score (nSPS) is 25.4. The molecule has 116 valence electrons. The molecular formula is C18H27BrN2. The molecule has 0 bridgehead atoms. The number of aryl methyl sites for hydroxylation is 1. The van der Waals surface area contributed by atoms with Gasteiger partial charge in [-0.3, -0.25) is 4.90 Å². The van der Waals surface area contributed by atoms with Crippen LogP contribution in [-0.4, -0.2) is 29.6 Å². The molecule has 1 aromatic carbocycles. The maximum atomic E-state index is 6.32. The summed E-state index contributed by atoms with van der Waals surface area (Å²) in [4.78, 5) is 2.77. The van der Waals surface area contributed by atoms with Gasteiger partial charge in [0.05, 0.1) is 0 Å². The maximum absolute atomic E-state index is 6.32. The lowest BCUT2D eigenvalue weighted by Gasteiger charge is -2.47. The van der Waals surface area contributed by atoms with Crippen LogP contribution in [0.5, 0.6) is 0 Å². The van der Waals surface area contributed by atoms with Gasteiger partial charge in [-0.15, -0.1) is 0 Å². The smallest absolute Gasteiger partial charge is 0.0378 e. The zero-order valence-electron chi connectivity index (χ0n) is 13.2. The molecular weight excluding hydrogens is 324 g/mol. The fourth-order valence-electron chi connectivity index (χ4n) is 3.86. The minimum atomic E-state index is 0.187. The van der Waals surface area contributed by atoms with Crippen molar-refractivity contribution in [3.05, 3.63) is 33.8 Å². The molecule has 0 aliphatic heterocycles. The van der Waals surface area contributed by atoms with Crippen LogP contribution in [0.2, 0.25) is 0 Å². The number of halogens is 1. The lowest BCUT2D eigenvalue weighted by molar-refractivity contribution is 0.0585. The van der Waals surface area contributed by atoms with Crippen LogP contribution in [0, 0.1) is 5.92 Å². The van der Waals surface area contributed by atoms with Gasteiger partial charge in [0.2, 0.25) is 0 Å². The van der Waals surface area contributed by atoms with Gasteiger partial charge >= 0.3 is 0 Å². The number of nitrogens with two attached hydrogens (primary N) is 1. The minimum absolute atomic E-state index is 0.187. The molecule has 1 saturated carbocycles. The molecule has 2 N–H and O–H groups in total. The molecule has 0 heterocycles. The van der Waals surface area contributed by atoms with E-state index in [1.165, 1.54) is 41.4 Å². The second-order valence-electron chi connectivity index (χ2n) is 7.30. The van der Waals surface area contributed by atoms with E-state index >= 15 is 0 Å². The van der Waals surface area contributed by atoms with Crippen molar-refractivity contribution in [2.24, 2.45) is 11.7 Å². The number of rotatable bonds is 5. The zero-order chi connectivity index (χ0) is 15.0. The van der Waals surface area contributed by atoms with Crippen molar-refractivity contribution >= 4 is 15.9 Å². The van der Waals surface area contributed by atoms with Crippen LogP contribution >= 0.6 is 15.9 Å². The third kappa shape index (κ3) is 3.20. The van der Waals surface area contributed by atoms with Crippen molar-refractivity contribution in [3.8, 4) is 0 Å². The van der Waals surface area contributed by atoms with Crippen LogP contribution < -0.4 is 5.73 Å². The number of hydrogen-bond donors (Lipinski definition) is 1. The molecule has 0 amide bonds. The number of nitrogens with zero attached hydrogens (tertiary/aromatic N) is 1. The lowest BCUT2D eigenvalue weighted by atomic mass is 9.76. The second-order valence-corrected chi connectivity index (χ2v) is 8.21. The Kier molecular flexibility index (Phi) is 4.45. The van der Waals surface area contributed by atoms with Crippen molar-refractivity contribution in [1.29, 1.82) is 0 Å². The Bertz CT molecular complexity index is 510. The summed E-state index contributed by atoms with van der Waals surface area (Å²) in [5.74, 6) is 0.709. The van der Waals surface area contributed by atoms with Crippen LogP contribution in [0.4, 0.5) is 0 Å². The molecule has 1 unspecified atom stereocenters.